The van der Waals surface area contributed by atoms with Gasteiger partial charge in [0.15, 0.2) is 0 Å². The average molecular weight is 261 g/mol. The first-order valence-electron chi connectivity index (χ1n) is 7.10. The molecule has 1 aliphatic carbocycles. The maximum absolute atomic E-state index is 11.2. The fourth-order valence-electron chi connectivity index (χ4n) is 2.81. The Hall–Kier alpha value is -1.35. The highest BCUT2D eigenvalue weighted by Crippen LogP contribution is 2.26. The lowest BCUT2D eigenvalue weighted by atomic mass is 9.88. The zero-order chi connectivity index (χ0) is 13.7. The van der Waals surface area contributed by atoms with Crippen LogP contribution in [-0.4, -0.2) is 20.1 Å². The van der Waals surface area contributed by atoms with Crippen molar-refractivity contribution < 1.29 is 9.53 Å². The van der Waals surface area contributed by atoms with Gasteiger partial charge in [0, 0.05) is 12.5 Å². The van der Waals surface area contributed by atoms with Crippen LogP contribution in [0, 0.1) is 0 Å². The summed E-state index contributed by atoms with van der Waals surface area (Å²) in [7, 11) is 3.39. The maximum Gasteiger partial charge on any atom is 0.305 e. The number of methoxy groups -OCH3 is 1. The van der Waals surface area contributed by atoms with E-state index in [9.17, 15) is 4.79 Å². The maximum atomic E-state index is 11.2. The minimum Gasteiger partial charge on any atom is -0.469 e. The molecular weight excluding hydrogens is 238 g/mol. The topological polar surface area (TPSA) is 38.3 Å². The highest BCUT2D eigenvalue weighted by Gasteiger charge is 2.15. The summed E-state index contributed by atoms with van der Waals surface area (Å²) in [5.74, 6) is -0.141. The number of aryl methyl sites for hydroxylation is 2. The normalized spacial score (nSPS) is 15.7. The van der Waals surface area contributed by atoms with Crippen LogP contribution >= 0.6 is 0 Å². The molecule has 0 saturated carbocycles. The van der Waals surface area contributed by atoms with Crippen LogP contribution in [0.3, 0.4) is 0 Å². The van der Waals surface area contributed by atoms with Crippen LogP contribution in [0.4, 0.5) is 0 Å². The molecule has 0 radical (unpaired) electrons. The fourth-order valence-corrected chi connectivity index (χ4v) is 2.81. The van der Waals surface area contributed by atoms with E-state index < -0.39 is 0 Å². The van der Waals surface area contributed by atoms with Crippen LogP contribution in [0.2, 0.25) is 0 Å². The summed E-state index contributed by atoms with van der Waals surface area (Å²) in [5, 5.41) is 3.30. The van der Waals surface area contributed by atoms with E-state index in [-0.39, 0.29) is 12.0 Å². The minimum atomic E-state index is -0.141. The van der Waals surface area contributed by atoms with E-state index in [2.05, 4.69) is 23.5 Å². The quantitative estimate of drug-likeness (QED) is 0.828. The van der Waals surface area contributed by atoms with Gasteiger partial charge in [0.2, 0.25) is 0 Å². The molecule has 1 aliphatic rings. The second-order valence-corrected chi connectivity index (χ2v) is 5.19. The molecule has 19 heavy (non-hydrogen) atoms. The number of benzene rings is 1. The van der Waals surface area contributed by atoms with E-state index in [0.717, 1.165) is 6.42 Å². The molecular formula is C16H23NO2. The van der Waals surface area contributed by atoms with E-state index in [1.54, 1.807) is 0 Å². The van der Waals surface area contributed by atoms with Crippen LogP contribution in [0.1, 0.15) is 48.4 Å². The lowest BCUT2D eigenvalue weighted by Crippen LogP contribution is -2.18. The van der Waals surface area contributed by atoms with Crippen molar-refractivity contribution in [3.05, 3.63) is 34.9 Å². The molecule has 104 valence electrons. The van der Waals surface area contributed by atoms with Gasteiger partial charge in [-0.05, 0) is 55.8 Å². The number of esters is 1. The number of nitrogens with one attached hydrogen (secondary N) is 1. The summed E-state index contributed by atoms with van der Waals surface area (Å²) in [6, 6.07) is 6.99. The second kappa shape index (κ2) is 6.71. The Kier molecular flexibility index (Phi) is 4.97. The number of carbonyl (C=O) groups is 1. The average Bonchev–Trinajstić information content (AvgIpc) is 2.47. The Morgan fingerprint density at radius 1 is 1.32 bits per heavy atom. The Labute approximate surface area is 115 Å². The molecule has 0 amide bonds. The van der Waals surface area contributed by atoms with Crippen molar-refractivity contribution in [2.75, 3.05) is 14.2 Å². The molecule has 1 unspecified atom stereocenters. The lowest BCUT2D eigenvalue weighted by molar-refractivity contribution is -0.140. The first-order chi connectivity index (χ1) is 9.24. The zero-order valence-corrected chi connectivity index (χ0v) is 11.9. The van der Waals surface area contributed by atoms with Gasteiger partial charge in [-0.25, -0.2) is 0 Å². The minimum absolute atomic E-state index is 0.141. The molecule has 1 aromatic rings. The smallest absolute Gasteiger partial charge is 0.305 e. The molecule has 0 spiro atoms. The summed E-state index contributed by atoms with van der Waals surface area (Å²) in [5.41, 5.74) is 4.27. The number of fused-ring (bicyclic) bond motifs is 1. The van der Waals surface area contributed by atoms with Gasteiger partial charge in [0.05, 0.1) is 7.11 Å². The number of hydrogen-bond donors (Lipinski definition) is 1. The predicted molar refractivity (Wildman–Crippen MR) is 76.1 cm³/mol. The van der Waals surface area contributed by atoms with E-state index in [1.807, 2.05) is 7.05 Å². The van der Waals surface area contributed by atoms with Crippen LogP contribution in [0.25, 0.3) is 0 Å². The highest BCUT2D eigenvalue weighted by molar-refractivity contribution is 5.69. The Balaban J connectivity index is 2.07. The molecule has 2 rings (SSSR count). The highest BCUT2D eigenvalue weighted by atomic mass is 16.5. The molecule has 3 heteroatoms. The SMILES string of the molecule is CNC(CCC(=O)OC)c1ccc2c(c1)CCCC2. The number of rotatable bonds is 5. The summed E-state index contributed by atoms with van der Waals surface area (Å²) in [6.07, 6.45) is 6.24. The van der Waals surface area contributed by atoms with Crippen molar-refractivity contribution in [3.63, 3.8) is 0 Å². The first-order valence-corrected chi connectivity index (χ1v) is 7.10. The third kappa shape index (κ3) is 3.57. The van der Waals surface area contributed by atoms with Crippen LogP contribution < -0.4 is 5.32 Å². The summed E-state index contributed by atoms with van der Waals surface area (Å²) in [6.45, 7) is 0. The first kappa shape index (κ1) is 14.1. The number of hydrogen-bond acceptors (Lipinski definition) is 3. The van der Waals surface area contributed by atoms with Gasteiger partial charge in [-0.2, -0.15) is 0 Å². The van der Waals surface area contributed by atoms with Crippen LogP contribution in [0.5, 0.6) is 0 Å². The number of carbonyl (C=O) groups excluding carboxylic acids is 1. The molecule has 0 aromatic heterocycles. The molecule has 3 nitrogen and oxygen atoms in total. The van der Waals surface area contributed by atoms with Gasteiger partial charge in [-0.3, -0.25) is 4.79 Å². The van der Waals surface area contributed by atoms with Crippen molar-refractivity contribution in [1.29, 1.82) is 0 Å². The molecule has 1 aromatic carbocycles. The summed E-state index contributed by atoms with van der Waals surface area (Å²) >= 11 is 0. The largest absolute Gasteiger partial charge is 0.469 e. The van der Waals surface area contributed by atoms with Crippen LogP contribution in [-0.2, 0) is 22.4 Å². The molecule has 0 bridgehead atoms. The lowest BCUT2D eigenvalue weighted by Gasteiger charge is -2.21. The summed E-state index contributed by atoms with van der Waals surface area (Å²) in [4.78, 5) is 11.2. The molecule has 1 atom stereocenters. The van der Waals surface area contributed by atoms with Gasteiger partial charge >= 0.3 is 5.97 Å². The Morgan fingerprint density at radius 2 is 2.05 bits per heavy atom. The second-order valence-electron chi connectivity index (χ2n) is 5.19. The van der Waals surface area contributed by atoms with Crippen molar-refractivity contribution in [3.8, 4) is 0 Å². The van der Waals surface area contributed by atoms with E-state index >= 15 is 0 Å². The third-order valence-corrected chi connectivity index (χ3v) is 3.99. The molecule has 1 N–H and O–H groups in total. The van der Waals surface area contributed by atoms with Crippen molar-refractivity contribution >= 4 is 5.97 Å². The van der Waals surface area contributed by atoms with Gasteiger partial charge in [0.1, 0.15) is 0 Å². The van der Waals surface area contributed by atoms with Crippen LogP contribution in [0.15, 0.2) is 18.2 Å². The van der Waals surface area contributed by atoms with Gasteiger partial charge in [-0.15, -0.1) is 0 Å². The van der Waals surface area contributed by atoms with Gasteiger partial charge in [-0.1, -0.05) is 18.2 Å². The monoisotopic (exact) mass is 261 g/mol. The van der Waals surface area contributed by atoms with E-state index in [4.69, 9.17) is 4.74 Å². The Morgan fingerprint density at radius 3 is 2.74 bits per heavy atom. The van der Waals surface area contributed by atoms with Crippen molar-refractivity contribution in [2.45, 2.75) is 44.6 Å². The van der Waals surface area contributed by atoms with Crippen molar-refractivity contribution in [1.82, 2.24) is 5.32 Å². The third-order valence-electron chi connectivity index (χ3n) is 3.99. The van der Waals surface area contributed by atoms with Gasteiger partial charge in [0.25, 0.3) is 0 Å². The fraction of sp³-hybridized carbons (Fsp3) is 0.562. The summed E-state index contributed by atoms with van der Waals surface area (Å²) < 4.78 is 4.70. The van der Waals surface area contributed by atoms with Gasteiger partial charge < -0.3 is 10.1 Å². The predicted octanol–water partition coefficient (Wildman–Crippen LogP) is 2.78. The Bertz CT molecular complexity index is 442. The zero-order valence-electron chi connectivity index (χ0n) is 11.9. The standard InChI is InChI=1S/C16H23NO2/c1-17-15(9-10-16(18)19-2)14-8-7-12-5-3-4-6-13(12)11-14/h7-8,11,15,17H,3-6,9-10H2,1-2H3. The van der Waals surface area contributed by atoms with E-state index in [1.165, 1.54) is 49.5 Å². The molecule has 0 aliphatic heterocycles. The van der Waals surface area contributed by atoms with Crippen molar-refractivity contribution in [2.24, 2.45) is 0 Å². The molecule has 0 heterocycles. The molecule has 0 fully saturated rings. The van der Waals surface area contributed by atoms with E-state index in [0.29, 0.717) is 6.42 Å². The molecule has 0 saturated heterocycles. The number of ether oxygens (including phenoxy) is 1.